The van der Waals surface area contributed by atoms with E-state index in [-0.39, 0.29) is 12.5 Å². The minimum atomic E-state index is -0.578. The summed E-state index contributed by atoms with van der Waals surface area (Å²) in [7, 11) is 0. The predicted octanol–water partition coefficient (Wildman–Crippen LogP) is 2.86. The Morgan fingerprint density at radius 3 is 2.73 bits per heavy atom. The van der Waals surface area contributed by atoms with Crippen LogP contribution in [0.3, 0.4) is 0 Å². The SMILES string of the molecule is CC(C)(C)OC(=O)N1CCN(Cc2ccc3c(Cl)ncnc3c2)C(=O)C1. The number of ether oxygens (including phenoxy) is 1. The van der Waals surface area contributed by atoms with Gasteiger partial charge in [-0.1, -0.05) is 17.7 Å². The van der Waals surface area contributed by atoms with E-state index >= 15 is 0 Å². The lowest BCUT2D eigenvalue weighted by atomic mass is 10.1. The van der Waals surface area contributed by atoms with Crippen molar-refractivity contribution in [2.75, 3.05) is 19.6 Å². The van der Waals surface area contributed by atoms with Gasteiger partial charge in [0.2, 0.25) is 5.91 Å². The second-order valence-electron chi connectivity index (χ2n) is 7.23. The summed E-state index contributed by atoms with van der Waals surface area (Å²) < 4.78 is 5.33. The fraction of sp³-hybridized carbons (Fsp3) is 0.444. The summed E-state index contributed by atoms with van der Waals surface area (Å²) in [6.07, 6.45) is 0.960. The first-order valence-electron chi connectivity index (χ1n) is 8.38. The Balaban J connectivity index is 1.65. The van der Waals surface area contributed by atoms with Gasteiger partial charge in [-0.3, -0.25) is 9.69 Å². The van der Waals surface area contributed by atoms with Gasteiger partial charge in [-0.2, -0.15) is 0 Å². The van der Waals surface area contributed by atoms with E-state index in [0.29, 0.717) is 24.8 Å². The topological polar surface area (TPSA) is 75.6 Å². The second-order valence-corrected chi connectivity index (χ2v) is 7.59. The molecule has 26 heavy (non-hydrogen) atoms. The number of benzene rings is 1. The maximum Gasteiger partial charge on any atom is 0.410 e. The highest BCUT2D eigenvalue weighted by molar-refractivity contribution is 6.34. The van der Waals surface area contributed by atoms with Crippen LogP contribution in [-0.4, -0.2) is 57.0 Å². The molecule has 0 aliphatic carbocycles. The van der Waals surface area contributed by atoms with Crippen LogP contribution in [-0.2, 0) is 16.1 Å². The number of fused-ring (bicyclic) bond motifs is 1. The van der Waals surface area contributed by atoms with E-state index in [2.05, 4.69) is 9.97 Å². The molecule has 1 aromatic carbocycles. The van der Waals surface area contributed by atoms with Gasteiger partial charge in [-0.05, 0) is 38.5 Å². The molecule has 1 aromatic heterocycles. The maximum absolute atomic E-state index is 12.4. The van der Waals surface area contributed by atoms with E-state index in [0.717, 1.165) is 16.5 Å². The number of piperazine rings is 1. The van der Waals surface area contributed by atoms with Crippen molar-refractivity contribution in [1.29, 1.82) is 0 Å². The number of carbonyl (C=O) groups excluding carboxylic acids is 2. The summed E-state index contributed by atoms with van der Waals surface area (Å²) >= 11 is 6.05. The molecule has 1 aliphatic rings. The molecule has 1 fully saturated rings. The number of nitrogens with zero attached hydrogens (tertiary/aromatic N) is 4. The van der Waals surface area contributed by atoms with Crippen molar-refractivity contribution in [3.63, 3.8) is 0 Å². The fourth-order valence-corrected chi connectivity index (χ4v) is 2.95. The molecule has 8 heteroatoms. The lowest BCUT2D eigenvalue weighted by molar-refractivity contribution is -0.136. The van der Waals surface area contributed by atoms with Crippen LogP contribution in [0.25, 0.3) is 10.9 Å². The number of amides is 2. The third kappa shape index (κ3) is 4.22. The van der Waals surface area contributed by atoms with Crippen molar-refractivity contribution in [1.82, 2.24) is 19.8 Å². The molecule has 2 amide bonds. The molecule has 0 unspecified atom stereocenters. The summed E-state index contributed by atoms with van der Waals surface area (Å²) in [6, 6.07) is 5.66. The molecule has 0 atom stereocenters. The van der Waals surface area contributed by atoms with Crippen LogP contribution in [0.4, 0.5) is 4.79 Å². The van der Waals surface area contributed by atoms with Gasteiger partial charge < -0.3 is 9.64 Å². The Morgan fingerprint density at radius 1 is 1.27 bits per heavy atom. The summed E-state index contributed by atoms with van der Waals surface area (Å²) in [5.74, 6) is -0.108. The zero-order valence-electron chi connectivity index (χ0n) is 15.0. The number of carbonyl (C=O) groups is 2. The van der Waals surface area contributed by atoms with Crippen molar-refractivity contribution >= 4 is 34.5 Å². The van der Waals surface area contributed by atoms with Gasteiger partial charge in [0.25, 0.3) is 0 Å². The molecule has 138 valence electrons. The van der Waals surface area contributed by atoms with Gasteiger partial charge in [0, 0.05) is 25.0 Å². The predicted molar refractivity (Wildman–Crippen MR) is 97.8 cm³/mol. The van der Waals surface area contributed by atoms with Crippen LogP contribution >= 0.6 is 11.6 Å². The Hall–Kier alpha value is -2.41. The zero-order chi connectivity index (χ0) is 18.9. The van der Waals surface area contributed by atoms with Crippen molar-refractivity contribution < 1.29 is 14.3 Å². The van der Waals surface area contributed by atoms with Crippen molar-refractivity contribution in [3.05, 3.63) is 35.2 Å². The van der Waals surface area contributed by atoms with Crippen LogP contribution < -0.4 is 0 Å². The fourth-order valence-electron chi connectivity index (χ4n) is 2.75. The van der Waals surface area contributed by atoms with E-state index in [1.807, 2.05) is 18.2 Å². The van der Waals surface area contributed by atoms with Crippen LogP contribution in [0.2, 0.25) is 5.15 Å². The van der Waals surface area contributed by atoms with E-state index < -0.39 is 11.7 Å². The lowest BCUT2D eigenvalue weighted by Gasteiger charge is -2.35. The molecular formula is C18H21ClN4O3. The highest BCUT2D eigenvalue weighted by atomic mass is 35.5. The van der Waals surface area contributed by atoms with Gasteiger partial charge >= 0.3 is 6.09 Å². The highest BCUT2D eigenvalue weighted by Gasteiger charge is 2.30. The quantitative estimate of drug-likeness (QED) is 0.753. The van der Waals surface area contributed by atoms with Gasteiger partial charge in [0.15, 0.2) is 0 Å². The molecule has 0 bridgehead atoms. The Morgan fingerprint density at radius 2 is 2.04 bits per heavy atom. The zero-order valence-corrected chi connectivity index (χ0v) is 15.8. The molecular weight excluding hydrogens is 356 g/mol. The van der Waals surface area contributed by atoms with Crippen molar-refractivity contribution in [3.8, 4) is 0 Å². The maximum atomic E-state index is 12.4. The summed E-state index contributed by atoms with van der Waals surface area (Å²) in [6.45, 7) is 6.80. The molecule has 0 spiro atoms. The number of rotatable bonds is 2. The Labute approximate surface area is 156 Å². The highest BCUT2D eigenvalue weighted by Crippen LogP contribution is 2.21. The van der Waals surface area contributed by atoms with Gasteiger partial charge in [0.05, 0.1) is 5.52 Å². The third-order valence-corrected chi connectivity index (χ3v) is 4.30. The van der Waals surface area contributed by atoms with Crippen molar-refractivity contribution in [2.24, 2.45) is 0 Å². The van der Waals surface area contributed by atoms with E-state index in [1.165, 1.54) is 11.2 Å². The summed E-state index contributed by atoms with van der Waals surface area (Å²) in [5, 5.41) is 1.18. The second kappa shape index (κ2) is 7.07. The van der Waals surface area contributed by atoms with E-state index in [4.69, 9.17) is 16.3 Å². The number of hydrogen-bond donors (Lipinski definition) is 0. The van der Waals surface area contributed by atoms with Crippen LogP contribution in [0.15, 0.2) is 24.5 Å². The summed E-state index contributed by atoms with van der Waals surface area (Å²) in [4.78, 5) is 35.9. The van der Waals surface area contributed by atoms with E-state index in [9.17, 15) is 9.59 Å². The minimum absolute atomic E-state index is 0.0243. The summed E-state index contributed by atoms with van der Waals surface area (Å²) in [5.41, 5.74) is 1.11. The minimum Gasteiger partial charge on any atom is -0.444 e. The standard InChI is InChI=1S/C18H21ClN4O3/c1-18(2,3)26-17(25)23-7-6-22(15(24)10-23)9-12-4-5-13-14(8-12)20-11-21-16(13)19/h4-5,8,11H,6-7,9-10H2,1-3H3. The smallest absolute Gasteiger partial charge is 0.410 e. The Kier molecular flexibility index (Phi) is 5.00. The molecule has 2 aromatic rings. The first kappa shape index (κ1) is 18.4. The molecule has 0 radical (unpaired) electrons. The normalized spacial score (nSPS) is 15.5. The monoisotopic (exact) mass is 376 g/mol. The largest absolute Gasteiger partial charge is 0.444 e. The molecule has 2 heterocycles. The van der Waals surface area contributed by atoms with Gasteiger partial charge in [-0.25, -0.2) is 14.8 Å². The molecule has 7 nitrogen and oxygen atoms in total. The van der Waals surface area contributed by atoms with Crippen LogP contribution in [0.1, 0.15) is 26.3 Å². The number of hydrogen-bond acceptors (Lipinski definition) is 5. The third-order valence-electron chi connectivity index (χ3n) is 4.00. The molecule has 0 saturated carbocycles. The van der Waals surface area contributed by atoms with E-state index in [1.54, 1.807) is 25.7 Å². The number of halogens is 1. The van der Waals surface area contributed by atoms with Crippen LogP contribution in [0, 0.1) is 0 Å². The van der Waals surface area contributed by atoms with Gasteiger partial charge in [0.1, 0.15) is 23.6 Å². The lowest BCUT2D eigenvalue weighted by Crippen LogP contribution is -2.52. The molecule has 3 rings (SSSR count). The first-order valence-corrected chi connectivity index (χ1v) is 8.75. The average Bonchev–Trinajstić information content (AvgIpc) is 2.55. The van der Waals surface area contributed by atoms with Crippen LogP contribution in [0.5, 0.6) is 0 Å². The van der Waals surface area contributed by atoms with Crippen molar-refractivity contribution in [2.45, 2.75) is 32.9 Å². The molecule has 0 N–H and O–H groups in total. The first-order chi connectivity index (χ1) is 12.2. The molecule has 1 aliphatic heterocycles. The average molecular weight is 377 g/mol. The molecule has 1 saturated heterocycles. The van der Waals surface area contributed by atoms with Gasteiger partial charge in [-0.15, -0.1) is 0 Å². The Bertz CT molecular complexity index is 850. The number of aromatic nitrogens is 2.